The van der Waals surface area contributed by atoms with E-state index in [-0.39, 0.29) is 18.9 Å². The van der Waals surface area contributed by atoms with E-state index in [1.54, 1.807) is 24.3 Å². The summed E-state index contributed by atoms with van der Waals surface area (Å²) in [6.07, 6.45) is 1.45. The van der Waals surface area contributed by atoms with Crippen LogP contribution >= 0.6 is 0 Å². The molecule has 1 amide bonds. The first-order valence-electron chi connectivity index (χ1n) is 8.94. The van der Waals surface area contributed by atoms with E-state index in [4.69, 9.17) is 4.74 Å². The lowest BCUT2D eigenvalue weighted by Crippen LogP contribution is -2.36. The molecule has 6 nitrogen and oxygen atoms in total. The van der Waals surface area contributed by atoms with Gasteiger partial charge in [-0.25, -0.2) is 8.42 Å². The molecule has 1 heterocycles. The van der Waals surface area contributed by atoms with Gasteiger partial charge in [0.25, 0.3) is 5.91 Å². The molecule has 2 aromatic carbocycles. The largest absolute Gasteiger partial charge is 0.478 e. The third-order valence-electron chi connectivity index (χ3n) is 4.68. The first-order valence-corrected chi connectivity index (χ1v) is 10.8. The molecule has 1 aliphatic rings. The number of ether oxygens (including phenoxy) is 1. The van der Waals surface area contributed by atoms with Crippen LogP contribution in [0.4, 0.5) is 11.4 Å². The maximum atomic E-state index is 12.9. The van der Waals surface area contributed by atoms with Crippen molar-refractivity contribution in [3.63, 3.8) is 0 Å². The molecule has 1 atom stereocenters. The Bertz CT molecular complexity index is 956. The van der Waals surface area contributed by atoms with Crippen LogP contribution in [0.15, 0.2) is 42.5 Å². The number of amides is 1. The molecule has 0 fully saturated rings. The third-order valence-corrected chi connectivity index (χ3v) is 5.86. The fraction of sp³-hybridized carbons (Fsp3) is 0.350. The van der Waals surface area contributed by atoms with Gasteiger partial charge >= 0.3 is 0 Å². The average Bonchev–Trinajstić information content (AvgIpc) is 2.82. The maximum Gasteiger partial charge on any atom is 0.265 e. The van der Waals surface area contributed by atoms with Gasteiger partial charge in [0.15, 0.2) is 6.10 Å². The summed E-state index contributed by atoms with van der Waals surface area (Å²) in [7, 11) is -3.47. The Morgan fingerprint density at radius 1 is 1.22 bits per heavy atom. The van der Waals surface area contributed by atoms with Gasteiger partial charge in [-0.2, -0.15) is 0 Å². The highest BCUT2D eigenvalue weighted by Gasteiger charge is 2.31. The van der Waals surface area contributed by atoms with Gasteiger partial charge in [0.05, 0.1) is 11.9 Å². The second-order valence-electron chi connectivity index (χ2n) is 6.65. The van der Waals surface area contributed by atoms with E-state index in [2.05, 4.69) is 5.32 Å². The molecular formula is C20H24N2O4S. The van der Waals surface area contributed by atoms with E-state index in [1.165, 1.54) is 4.31 Å². The maximum absolute atomic E-state index is 12.9. The van der Waals surface area contributed by atoms with E-state index in [9.17, 15) is 13.2 Å². The molecular weight excluding hydrogens is 364 g/mol. The van der Waals surface area contributed by atoms with Gasteiger partial charge in [-0.05, 0) is 36.6 Å². The van der Waals surface area contributed by atoms with Gasteiger partial charge in [-0.3, -0.25) is 9.10 Å². The summed E-state index contributed by atoms with van der Waals surface area (Å²) in [4.78, 5) is 12.9. The monoisotopic (exact) mass is 388 g/mol. The van der Waals surface area contributed by atoms with Crippen LogP contribution in [0.25, 0.3) is 0 Å². The van der Waals surface area contributed by atoms with Crippen molar-refractivity contribution in [2.24, 2.45) is 0 Å². The Morgan fingerprint density at radius 2 is 1.96 bits per heavy atom. The first kappa shape index (κ1) is 19.2. The molecule has 1 unspecified atom stereocenters. The number of sulfonamides is 1. The Labute approximate surface area is 160 Å². The van der Waals surface area contributed by atoms with E-state index >= 15 is 0 Å². The highest BCUT2D eigenvalue weighted by molar-refractivity contribution is 7.92. The van der Waals surface area contributed by atoms with E-state index in [0.29, 0.717) is 11.4 Å². The van der Waals surface area contributed by atoms with Gasteiger partial charge in [0.1, 0.15) is 5.75 Å². The Balaban J connectivity index is 1.88. The Hall–Kier alpha value is -2.54. The predicted octanol–water partition coefficient (Wildman–Crippen LogP) is 3.11. The molecule has 0 saturated heterocycles. The lowest BCUT2D eigenvalue weighted by Gasteiger charge is -2.20. The molecule has 7 heteroatoms. The molecule has 2 aromatic rings. The van der Waals surface area contributed by atoms with Crippen LogP contribution in [0.3, 0.4) is 0 Å². The number of hydrogen-bond donors (Lipinski definition) is 1. The number of rotatable bonds is 4. The molecule has 0 saturated carbocycles. The van der Waals surface area contributed by atoms with Crippen LogP contribution in [0.2, 0.25) is 0 Å². The summed E-state index contributed by atoms with van der Waals surface area (Å²) >= 11 is 0. The molecule has 1 aliphatic heterocycles. The van der Waals surface area contributed by atoms with Crippen LogP contribution in [0, 0.1) is 6.92 Å². The molecule has 27 heavy (non-hydrogen) atoms. The third kappa shape index (κ3) is 4.08. The number of aryl methyl sites for hydroxylation is 2. The number of nitrogens with one attached hydrogen (secondary N) is 1. The smallest absolute Gasteiger partial charge is 0.265 e. The molecule has 0 aliphatic carbocycles. The van der Waals surface area contributed by atoms with Crippen molar-refractivity contribution in [2.75, 3.05) is 22.4 Å². The predicted molar refractivity (Wildman–Crippen MR) is 107 cm³/mol. The summed E-state index contributed by atoms with van der Waals surface area (Å²) in [5, 5.41) is 2.98. The van der Waals surface area contributed by atoms with Crippen molar-refractivity contribution in [1.29, 1.82) is 0 Å². The zero-order valence-corrected chi connectivity index (χ0v) is 16.5. The van der Waals surface area contributed by atoms with E-state index in [1.807, 2.05) is 32.0 Å². The number of para-hydroxylation sites is 3. The second kappa shape index (κ2) is 7.60. The standard InChI is InChI=1S/C20H24N2O4S/c1-4-15-9-7-8-14(2)19(15)21-20(23)18-12-13-22(27(3,24)25)16-10-5-6-11-17(16)26-18/h5-11,18H,4,12-13H2,1-3H3,(H,21,23). The summed E-state index contributed by atoms with van der Waals surface area (Å²) in [6, 6.07) is 12.8. The number of carbonyl (C=O) groups is 1. The normalized spacial score (nSPS) is 16.9. The lowest BCUT2D eigenvalue weighted by atomic mass is 10.1. The molecule has 1 N–H and O–H groups in total. The molecule has 0 radical (unpaired) electrons. The fourth-order valence-corrected chi connectivity index (χ4v) is 4.21. The summed E-state index contributed by atoms with van der Waals surface area (Å²) in [5.74, 6) is 0.116. The number of benzene rings is 2. The minimum atomic E-state index is -3.47. The summed E-state index contributed by atoms with van der Waals surface area (Å²) in [5.41, 5.74) is 3.29. The topological polar surface area (TPSA) is 75.7 Å². The van der Waals surface area contributed by atoms with Gasteiger partial charge < -0.3 is 10.1 Å². The average molecular weight is 388 g/mol. The van der Waals surface area contributed by atoms with E-state index < -0.39 is 16.1 Å². The lowest BCUT2D eigenvalue weighted by molar-refractivity contribution is -0.122. The SMILES string of the molecule is CCc1cccc(C)c1NC(=O)C1CCN(S(C)(=O)=O)c2ccccc2O1. The summed E-state index contributed by atoms with van der Waals surface area (Å²) < 4.78 is 31.5. The van der Waals surface area contributed by atoms with Crippen LogP contribution in [-0.4, -0.2) is 33.2 Å². The molecule has 144 valence electrons. The van der Waals surface area contributed by atoms with Crippen molar-refractivity contribution in [3.8, 4) is 5.75 Å². The number of carbonyl (C=O) groups excluding carboxylic acids is 1. The minimum absolute atomic E-state index is 0.183. The van der Waals surface area contributed by atoms with Crippen LogP contribution < -0.4 is 14.4 Å². The van der Waals surface area contributed by atoms with Gasteiger partial charge in [-0.15, -0.1) is 0 Å². The Morgan fingerprint density at radius 3 is 2.67 bits per heavy atom. The number of hydrogen-bond acceptors (Lipinski definition) is 4. The van der Waals surface area contributed by atoms with Crippen LogP contribution in [-0.2, 0) is 21.2 Å². The highest BCUT2D eigenvalue weighted by atomic mass is 32.2. The number of anilines is 2. The fourth-order valence-electron chi connectivity index (χ4n) is 3.26. The van der Waals surface area contributed by atoms with Crippen molar-refractivity contribution in [3.05, 3.63) is 53.6 Å². The second-order valence-corrected chi connectivity index (χ2v) is 8.56. The highest BCUT2D eigenvalue weighted by Crippen LogP contribution is 2.34. The summed E-state index contributed by atoms with van der Waals surface area (Å²) in [6.45, 7) is 4.17. The van der Waals surface area contributed by atoms with Crippen molar-refractivity contribution < 1.29 is 17.9 Å². The number of nitrogens with zero attached hydrogens (tertiary/aromatic N) is 1. The molecule has 0 bridgehead atoms. The van der Waals surface area contributed by atoms with Gasteiger partial charge in [-0.1, -0.05) is 37.3 Å². The number of fused-ring (bicyclic) bond motifs is 1. The van der Waals surface area contributed by atoms with Crippen LogP contribution in [0.1, 0.15) is 24.5 Å². The molecule has 0 aromatic heterocycles. The Kier molecular flexibility index (Phi) is 5.41. The zero-order chi connectivity index (χ0) is 19.6. The van der Waals surface area contributed by atoms with Crippen molar-refractivity contribution >= 4 is 27.3 Å². The zero-order valence-electron chi connectivity index (χ0n) is 15.7. The molecule has 3 rings (SSSR count). The first-order chi connectivity index (χ1) is 12.8. The van der Waals surface area contributed by atoms with Gasteiger partial charge in [0.2, 0.25) is 10.0 Å². The van der Waals surface area contributed by atoms with Crippen molar-refractivity contribution in [1.82, 2.24) is 0 Å². The van der Waals surface area contributed by atoms with Gasteiger partial charge in [0, 0.05) is 18.7 Å². The minimum Gasteiger partial charge on any atom is -0.478 e. The van der Waals surface area contributed by atoms with Crippen molar-refractivity contribution in [2.45, 2.75) is 32.8 Å². The van der Waals surface area contributed by atoms with Crippen LogP contribution in [0.5, 0.6) is 5.75 Å². The quantitative estimate of drug-likeness (QED) is 0.873. The molecule has 0 spiro atoms. The van der Waals surface area contributed by atoms with E-state index in [0.717, 1.165) is 29.5 Å².